The number of rotatable bonds is 6. The van der Waals surface area contributed by atoms with E-state index in [1.165, 1.54) is 22.6 Å². The number of nitrogens with zero attached hydrogens (tertiary/aromatic N) is 3. The summed E-state index contributed by atoms with van der Waals surface area (Å²) in [6, 6.07) is 13.8. The summed E-state index contributed by atoms with van der Waals surface area (Å²) in [5.41, 5.74) is 2.16. The summed E-state index contributed by atoms with van der Waals surface area (Å²) >= 11 is 0. The van der Waals surface area contributed by atoms with Crippen LogP contribution in [0, 0.1) is 11.7 Å². The maximum Gasteiger partial charge on any atom is 0.311 e. The molecule has 0 spiro atoms. The lowest BCUT2D eigenvalue weighted by molar-refractivity contribution is -0.150. The van der Waals surface area contributed by atoms with Crippen LogP contribution in [0.5, 0.6) is 0 Å². The molecule has 3 aromatic rings. The highest BCUT2D eigenvalue weighted by atomic mass is 19.1. The second-order valence-electron chi connectivity index (χ2n) is 7.03. The number of carbonyl (C=O) groups excluding carboxylic acids is 2. The molecular formula is C22H20FN3O4. The molecule has 1 fully saturated rings. The summed E-state index contributed by atoms with van der Waals surface area (Å²) in [5.74, 6) is -1.50. The van der Waals surface area contributed by atoms with E-state index >= 15 is 0 Å². The van der Waals surface area contributed by atoms with Gasteiger partial charge in [0.15, 0.2) is 6.61 Å². The summed E-state index contributed by atoms with van der Waals surface area (Å²) in [6.07, 6.45) is 0.901. The Morgan fingerprint density at radius 1 is 1.23 bits per heavy atom. The minimum Gasteiger partial charge on any atom is -0.455 e. The van der Waals surface area contributed by atoms with Gasteiger partial charge in [-0.3, -0.25) is 9.59 Å². The largest absolute Gasteiger partial charge is 0.455 e. The molecule has 0 bridgehead atoms. The molecule has 1 aromatic heterocycles. The average Bonchev–Trinajstić information content (AvgIpc) is 3.39. The van der Waals surface area contributed by atoms with E-state index in [1.807, 2.05) is 24.3 Å². The second kappa shape index (κ2) is 8.44. The van der Waals surface area contributed by atoms with Crippen molar-refractivity contribution in [3.05, 3.63) is 65.8 Å². The number of amides is 1. The number of carbonyl (C=O) groups is 2. The van der Waals surface area contributed by atoms with Gasteiger partial charge in [0.25, 0.3) is 5.89 Å². The number of aryl methyl sites for hydroxylation is 1. The highest BCUT2D eigenvalue weighted by Gasteiger charge is 2.37. The van der Waals surface area contributed by atoms with Gasteiger partial charge in [-0.25, -0.2) is 4.39 Å². The van der Waals surface area contributed by atoms with Crippen LogP contribution in [-0.2, 0) is 27.4 Å². The fraction of sp³-hybridized carbons (Fsp3) is 0.273. The lowest BCUT2D eigenvalue weighted by atomic mass is 10.1. The fourth-order valence-electron chi connectivity index (χ4n) is 3.34. The van der Waals surface area contributed by atoms with Gasteiger partial charge >= 0.3 is 5.97 Å². The molecule has 1 atom stereocenters. The number of para-hydroxylation sites is 1. The number of aromatic nitrogens is 2. The van der Waals surface area contributed by atoms with Crippen molar-refractivity contribution in [2.24, 2.45) is 5.92 Å². The fourth-order valence-corrected chi connectivity index (χ4v) is 3.34. The molecule has 0 unspecified atom stereocenters. The monoisotopic (exact) mass is 409 g/mol. The topological polar surface area (TPSA) is 85.5 Å². The molecule has 7 nitrogen and oxygen atoms in total. The van der Waals surface area contributed by atoms with E-state index in [-0.39, 0.29) is 37.1 Å². The predicted octanol–water partition coefficient (Wildman–Crippen LogP) is 3.53. The minimum atomic E-state index is -0.680. The highest BCUT2D eigenvalue weighted by molar-refractivity contribution is 5.99. The molecular weight excluding hydrogens is 389 g/mol. The van der Waals surface area contributed by atoms with E-state index in [2.05, 4.69) is 17.1 Å². The van der Waals surface area contributed by atoms with E-state index in [4.69, 9.17) is 9.26 Å². The smallest absolute Gasteiger partial charge is 0.311 e. The maximum absolute atomic E-state index is 14.0. The van der Waals surface area contributed by atoms with Crippen molar-refractivity contribution < 1.29 is 23.2 Å². The zero-order chi connectivity index (χ0) is 21.1. The summed E-state index contributed by atoms with van der Waals surface area (Å²) in [5, 5.41) is 3.91. The molecule has 1 aliphatic heterocycles. The summed E-state index contributed by atoms with van der Waals surface area (Å²) in [4.78, 5) is 30.1. The first-order chi connectivity index (χ1) is 14.5. The molecule has 4 rings (SSSR count). The number of hydrogen-bond donors (Lipinski definition) is 0. The Hall–Kier alpha value is -3.55. The Labute approximate surface area is 172 Å². The first-order valence-electron chi connectivity index (χ1n) is 9.68. The Balaban J connectivity index is 1.35. The Morgan fingerprint density at radius 2 is 2.00 bits per heavy atom. The predicted molar refractivity (Wildman–Crippen MR) is 106 cm³/mol. The Bertz CT molecular complexity index is 1060. The van der Waals surface area contributed by atoms with Crippen LogP contribution >= 0.6 is 0 Å². The van der Waals surface area contributed by atoms with Crippen molar-refractivity contribution in [2.75, 3.05) is 11.4 Å². The molecule has 1 amide bonds. The number of halogens is 1. The third kappa shape index (κ3) is 4.07. The molecule has 1 saturated heterocycles. The van der Waals surface area contributed by atoms with Crippen LogP contribution in [0.2, 0.25) is 0 Å². The van der Waals surface area contributed by atoms with E-state index in [0.29, 0.717) is 5.82 Å². The molecule has 0 saturated carbocycles. The van der Waals surface area contributed by atoms with Crippen molar-refractivity contribution in [1.29, 1.82) is 0 Å². The van der Waals surface area contributed by atoms with Gasteiger partial charge in [-0.2, -0.15) is 4.98 Å². The van der Waals surface area contributed by atoms with Crippen LogP contribution < -0.4 is 4.90 Å². The first-order valence-corrected chi connectivity index (χ1v) is 9.68. The van der Waals surface area contributed by atoms with Crippen LogP contribution in [0.15, 0.2) is 53.1 Å². The Morgan fingerprint density at radius 3 is 2.73 bits per heavy atom. The van der Waals surface area contributed by atoms with Crippen LogP contribution in [0.4, 0.5) is 10.1 Å². The van der Waals surface area contributed by atoms with Crippen LogP contribution in [-0.4, -0.2) is 28.6 Å². The van der Waals surface area contributed by atoms with Crippen LogP contribution in [0.25, 0.3) is 11.4 Å². The summed E-state index contributed by atoms with van der Waals surface area (Å²) < 4.78 is 24.4. The van der Waals surface area contributed by atoms with Crippen molar-refractivity contribution in [2.45, 2.75) is 26.4 Å². The molecule has 0 N–H and O–H groups in total. The Kier molecular flexibility index (Phi) is 5.56. The number of anilines is 1. The molecule has 0 aliphatic carbocycles. The van der Waals surface area contributed by atoms with Crippen molar-refractivity contribution in [3.8, 4) is 11.4 Å². The molecule has 0 radical (unpaired) electrons. The number of ether oxygens (including phenoxy) is 1. The third-order valence-corrected chi connectivity index (χ3v) is 5.03. The van der Waals surface area contributed by atoms with Crippen molar-refractivity contribution in [1.82, 2.24) is 10.1 Å². The SMILES string of the molecule is CCc1ccc(-c2noc(COC(=O)[C@H]3CC(=O)N(c4ccccc4F)C3)n2)cc1. The molecule has 8 heteroatoms. The molecule has 154 valence electrons. The molecule has 30 heavy (non-hydrogen) atoms. The number of esters is 1. The van der Waals surface area contributed by atoms with Crippen molar-refractivity contribution in [3.63, 3.8) is 0 Å². The van der Waals surface area contributed by atoms with Crippen LogP contribution in [0.3, 0.4) is 0 Å². The normalized spacial score (nSPS) is 16.1. The number of benzene rings is 2. The zero-order valence-corrected chi connectivity index (χ0v) is 16.4. The standard InChI is InChI=1S/C22H20FN3O4/c1-2-14-7-9-15(10-8-14)21-24-19(30-25-21)13-29-22(28)16-11-20(27)26(12-16)18-6-4-3-5-17(18)23/h3-10,16H,2,11-13H2,1H3/t16-/m0/s1. The maximum atomic E-state index is 14.0. The van der Waals surface area contributed by atoms with Gasteiger partial charge in [-0.05, 0) is 24.1 Å². The van der Waals surface area contributed by atoms with E-state index in [9.17, 15) is 14.0 Å². The van der Waals surface area contributed by atoms with Gasteiger partial charge in [0.2, 0.25) is 11.7 Å². The van der Waals surface area contributed by atoms with Gasteiger partial charge < -0.3 is 14.2 Å². The summed E-state index contributed by atoms with van der Waals surface area (Å²) in [6.45, 7) is 1.95. The van der Waals surface area contributed by atoms with Gasteiger partial charge in [-0.15, -0.1) is 0 Å². The van der Waals surface area contributed by atoms with Gasteiger partial charge in [0, 0.05) is 18.5 Å². The lowest BCUT2D eigenvalue weighted by Gasteiger charge is -2.16. The van der Waals surface area contributed by atoms with E-state index < -0.39 is 17.7 Å². The highest BCUT2D eigenvalue weighted by Crippen LogP contribution is 2.28. The first kappa shape index (κ1) is 19.8. The van der Waals surface area contributed by atoms with Gasteiger partial charge in [0.1, 0.15) is 5.82 Å². The van der Waals surface area contributed by atoms with Gasteiger partial charge in [-0.1, -0.05) is 48.5 Å². The van der Waals surface area contributed by atoms with E-state index in [1.54, 1.807) is 12.1 Å². The van der Waals surface area contributed by atoms with Crippen molar-refractivity contribution >= 4 is 17.6 Å². The van der Waals surface area contributed by atoms with Crippen LogP contribution in [0.1, 0.15) is 24.8 Å². The lowest BCUT2D eigenvalue weighted by Crippen LogP contribution is -2.27. The van der Waals surface area contributed by atoms with E-state index in [0.717, 1.165) is 12.0 Å². The molecule has 1 aliphatic rings. The molecule has 2 heterocycles. The van der Waals surface area contributed by atoms with Gasteiger partial charge in [0.05, 0.1) is 11.6 Å². The quantitative estimate of drug-likeness (QED) is 0.579. The minimum absolute atomic E-state index is 0.0357. The number of hydrogen-bond acceptors (Lipinski definition) is 6. The second-order valence-corrected chi connectivity index (χ2v) is 7.03. The third-order valence-electron chi connectivity index (χ3n) is 5.03. The zero-order valence-electron chi connectivity index (χ0n) is 16.4. The average molecular weight is 409 g/mol. The molecule has 2 aromatic carbocycles. The summed E-state index contributed by atoms with van der Waals surface area (Å²) in [7, 11) is 0.